The Morgan fingerprint density at radius 1 is 0.912 bits per heavy atom. The van der Waals surface area contributed by atoms with E-state index in [9.17, 15) is 19.2 Å². The van der Waals surface area contributed by atoms with Crippen LogP contribution in [-0.2, 0) is 20.9 Å². The summed E-state index contributed by atoms with van der Waals surface area (Å²) in [4.78, 5) is 53.1. The fourth-order valence-corrected chi connectivity index (χ4v) is 3.60. The standard InChI is InChI=1S/C26H30N2O6/c1-17(2)15-21(24(31)33-16-18-11-7-6-8-12-18)27(25(32)34-26(3,4)5)28-22(29)19-13-9-10-14-20(19)23(28)30/h6-14,17,21H,15-16H2,1-5H3. The Balaban J connectivity index is 1.99. The van der Waals surface area contributed by atoms with Crippen LogP contribution in [-0.4, -0.2) is 45.5 Å². The molecule has 0 bridgehead atoms. The molecule has 2 aromatic rings. The van der Waals surface area contributed by atoms with Crippen molar-refractivity contribution in [2.45, 2.75) is 59.3 Å². The Labute approximate surface area is 199 Å². The van der Waals surface area contributed by atoms with Crippen molar-refractivity contribution in [3.63, 3.8) is 0 Å². The van der Waals surface area contributed by atoms with Crippen LogP contribution in [0.5, 0.6) is 0 Å². The minimum absolute atomic E-state index is 0.0153. The van der Waals surface area contributed by atoms with Crippen molar-refractivity contribution in [3.8, 4) is 0 Å². The number of ether oxygens (including phenoxy) is 2. The SMILES string of the molecule is CC(C)CC(C(=O)OCc1ccccc1)N(C(=O)OC(C)(C)C)N1C(=O)c2ccccc2C1=O. The van der Waals surface area contributed by atoms with Crippen LogP contribution in [0.1, 0.15) is 67.3 Å². The van der Waals surface area contributed by atoms with E-state index in [-0.39, 0.29) is 30.1 Å². The van der Waals surface area contributed by atoms with Crippen molar-refractivity contribution >= 4 is 23.9 Å². The van der Waals surface area contributed by atoms with Crippen LogP contribution in [0.15, 0.2) is 54.6 Å². The molecule has 0 N–H and O–H groups in total. The largest absolute Gasteiger partial charge is 0.459 e. The number of hydrogen-bond donors (Lipinski definition) is 0. The van der Waals surface area contributed by atoms with Gasteiger partial charge < -0.3 is 9.47 Å². The number of amides is 3. The average molecular weight is 467 g/mol. The number of fused-ring (bicyclic) bond motifs is 1. The summed E-state index contributed by atoms with van der Waals surface area (Å²) in [6, 6.07) is 14.1. The highest BCUT2D eigenvalue weighted by atomic mass is 16.6. The summed E-state index contributed by atoms with van der Waals surface area (Å²) in [7, 11) is 0. The minimum Gasteiger partial charge on any atom is -0.459 e. The second-order valence-corrected chi connectivity index (χ2v) is 9.53. The van der Waals surface area contributed by atoms with Crippen molar-refractivity contribution in [1.29, 1.82) is 0 Å². The normalized spacial score (nSPS) is 14.1. The monoisotopic (exact) mass is 466 g/mol. The van der Waals surface area contributed by atoms with Gasteiger partial charge >= 0.3 is 12.1 Å². The lowest BCUT2D eigenvalue weighted by Crippen LogP contribution is -2.58. The number of hydrogen-bond acceptors (Lipinski definition) is 6. The van der Waals surface area contributed by atoms with Gasteiger partial charge in [-0.15, -0.1) is 0 Å². The molecule has 1 aliphatic rings. The van der Waals surface area contributed by atoms with E-state index in [0.29, 0.717) is 5.01 Å². The maximum atomic E-state index is 13.3. The Bertz CT molecular complexity index is 1040. The second kappa shape index (κ2) is 10.1. The molecular weight excluding hydrogens is 436 g/mol. The maximum Gasteiger partial charge on any atom is 0.430 e. The van der Waals surface area contributed by atoms with Crippen LogP contribution < -0.4 is 0 Å². The third kappa shape index (κ3) is 5.62. The quantitative estimate of drug-likeness (QED) is 0.438. The number of hydrazine groups is 1. The molecule has 3 rings (SSSR count). The highest BCUT2D eigenvalue weighted by Crippen LogP contribution is 2.29. The van der Waals surface area contributed by atoms with Gasteiger partial charge in [-0.25, -0.2) is 9.59 Å². The maximum absolute atomic E-state index is 13.3. The van der Waals surface area contributed by atoms with E-state index in [4.69, 9.17) is 9.47 Å². The highest BCUT2D eigenvalue weighted by Gasteiger charge is 2.47. The van der Waals surface area contributed by atoms with Gasteiger partial charge in [-0.1, -0.05) is 56.3 Å². The third-order valence-electron chi connectivity index (χ3n) is 5.05. The summed E-state index contributed by atoms with van der Waals surface area (Å²) in [5.41, 5.74) is 0.150. The lowest BCUT2D eigenvalue weighted by molar-refractivity contribution is -0.156. The molecule has 34 heavy (non-hydrogen) atoms. The van der Waals surface area contributed by atoms with Crippen LogP contribution in [0.4, 0.5) is 4.79 Å². The molecule has 2 aromatic carbocycles. The predicted octanol–water partition coefficient (Wildman–Crippen LogP) is 4.59. The fraction of sp³-hybridized carbons (Fsp3) is 0.385. The van der Waals surface area contributed by atoms with E-state index in [0.717, 1.165) is 10.6 Å². The van der Waals surface area contributed by atoms with E-state index in [1.165, 1.54) is 12.1 Å². The molecule has 1 unspecified atom stereocenters. The van der Waals surface area contributed by atoms with Crippen LogP contribution in [0.2, 0.25) is 0 Å². The molecule has 1 atom stereocenters. The molecule has 0 saturated heterocycles. The first-order valence-electron chi connectivity index (χ1n) is 11.2. The van der Waals surface area contributed by atoms with Gasteiger partial charge in [0.05, 0.1) is 11.1 Å². The Kier molecular flexibility index (Phi) is 7.39. The van der Waals surface area contributed by atoms with Crippen LogP contribution in [0, 0.1) is 5.92 Å². The number of carbonyl (C=O) groups is 4. The number of rotatable bonds is 7. The summed E-state index contributed by atoms with van der Waals surface area (Å²) in [6.45, 7) is 8.71. The number of imide groups is 1. The summed E-state index contributed by atoms with van der Waals surface area (Å²) < 4.78 is 11.0. The van der Waals surface area contributed by atoms with E-state index >= 15 is 0 Å². The van der Waals surface area contributed by atoms with Crippen molar-refractivity contribution in [2.24, 2.45) is 5.92 Å². The first-order valence-corrected chi connectivity index (χ1v) is 11.2. The van der Waals surface area contributed by atoms with Crippen LogP contribution in [0.3, 0.4) is 0 Å². The van der Waals surface area contributed by atoms with Gasteiger partial charge in [0.15, 0.2) is 6.04 Å². The molecule has 180 valence electrons. The summed E-state index contributed by atoms with van der Waals surface area (Å²) in [5.74, 6) is -2.19. The number of carbonyl (C=O) groups excluding carboxylic acids is 4. The third-order valence-corrected chi connectivity index (χ3v) is 5.05. The van der Waals surface area contributed by atoms with Gasteiger partial charge in [-0.2, -0.15) is 10.0 Å². The lowest BCUT2D eigenvalue weighted by Gasteiger charge is -2.36. The minimum atomic E-state index is -1.25. The second-order valence-electron chi connectivity index (χ2n) is 9.53. The molecule has 8 heteroatoms. The van der Waals surface area contributed by atoms with Crippen LogP contribution in [0.25, 0.3) is 0 Å². The molecule has 3 amide bonds. The smallest absolute Gasteiger partial charge is 0.430 e. The van der Waals surface area contributed by atoms with Crippen molar-refractivity contribution in [2.75, 3.05) is 0 Å². The first kappa shape index (κ1) is 25.0. The zero-order valence-corrected chi connectivity index (χ0v) is 20.1. The predicted molar refractivity (Wildman–Crippen MR) is 124 cm³/mol. The summed E-state index contributed by atoms with van der Waals surface area (Å²) >= 11 is 0. The first-order chi connectivity index (χ1) is 16.0. The van der Waals surface area contributed by atoms with Crippen molar-refractivity contribution in [1.82, 2.24) is 10.0 Å². The molecular formula is C26H30N2O6. The molecule has 0 saturated carbocycles. The van der Waals surface area contributed by atoms with Gasteiger partial charge in [0.2, 0.25) is 0 Å². The summed E-state index contributed by atoms with van der Waals surface area (Å²) in [6.07, 6.45) is -0.829. The molecule has 0 fully saturated rings. The number of nitrogens with zero attached hydrogens (tertiary/aromatic N) is 2. The van der Waals surface area contributed by atoms with E-state index in [2.05, 4.69) is 0 Å². The van der Waals surface area contributed by atoms with Gasteiger partial charge in [0.1, 0.15) is 12.2 Å². The highest BCUT2D eigenvalue weighted by molar-refractivity contribution is 6.21. The van der Waals surface area contributed by atoms with Crippen LogP contribution >= 0.6 is 0 Å². The number of esters is 1. The molecule has 0 aliphatic carbocycles. The lowest BCUT2D eigenvalue weighted by atomic mass is 10.0. The Morgan fingerprint density at radius 3 is 1.94 bits per heavy atom. The van der Waals surface area contributed by atoms with Gasteiger partial charge in [-0.05, 0) is 50.8 Å². The summed E-state index contributed by atoms with van der Waals surface area (Å²) in [5, 5.41) is 1.53. The molecule has 1 heterocycles. The fourth-order valence-electron chi connectivity index (χ4n) is 3.60. The van der Waals surface area contributed by atoms with E-state index in [1.807, 2.05) is 32.0 Å². The molecule has 8 nitrogen and oxygen atoms in total. The van der Waals surface area contributed by atoms with Gasteiger partial charge in [0.25, 0.3) is 11.8 Å². The zero-order chi connectivity index (χ0) is 25.0. The zero-order valence-electron chi connectivity index (χ0n) is 20.1. The molecule has 0 radical (unpaired) electrons. The van der Waals surface area contributed by atoms with E-state index in [1.54, 1.807) is 45.0 Å². The molecule has 1 aliphatic heterocycles. The number of benzene rings is 2. The van der Waals surface area contributed by atoms with Gasteiger partial charge in [-0.3, -0.25) is 9.59 Å². The average Bonchev–Trinajstić information content (AvgIpc) is 3.02. The van der Waals surface area contributed by atoms with Crippen molar-refractivity contribution < 1.29 is 28.7 Å². The van der Waals surface area contributed by atoms with Crippen molar-refractivity contribution in [3.05, 3.63) is 71.3 Å². The van der Waals surface area contributed by atoms with Gasteiger partial charge in [0, 0.05) is 0 Å². The molecule has 0 aromatic heterocycles. The topological polar surface area (TPSA) is 93.2 Å². The molecule has 0 spiro atoms. The Hall–Kier alpha value is -3.68. The van der Waals surface area contributed by atoms with E-state index < -0.39 is 35.5 Å². The Morgan fingerprint density at radius 2 is 1.44 bits per heavy atom.